The fourth-order valence-electron chi connectivity index (χ4n) is 1.36. The molecular formula is C13H7BrClNOS. The van der Waals surface area contributed by atoms with Gasteiger partial charge in [0.05, 0.1) is 15.6 Å². The molecule has 0 bridgehead atoms. The van der Waals surface area contributed by atoms with Gasteiger partial charge < -0.3 is 0 Å². The van der Waals surface area contributed by atoms with E-state index in [0.29, 0.717) is 10.7 Å². The third kappa shape index (κ3) is 3.03. The van der Waals surface area contributed by atoms with Gasteiger partial charge in [0.2, 0.25) is 6.08 Å². The van der Waals surface area contributed by atoms with Crippen LogP contribution in [0.25, 0.3) is 0 Å². The third-order valence-electron chi connectivity index (χ3n) is 2.16. The first-order chi connectivity index (χ1) is 8.72. The number of isocyanates is 1. The summed E-state index contributed by atoms with van der Waals surface area (Å²) >= 11 is 11.0. The molecule has 0 aliphatic heterocycles. The van der Waals surface area contributed by atoms with Crippen LogP contribution in [0.3, 0.4) is 0 Å². The Balaban J connectivity index is 2.48. The minimum atomic E-state index is 0.520. The molecule has 90 valence electrons. The van der Waals surface area contributed by atoms with Crippen LogP contribution < -0.4 is 0 Å². The molecule has 2 aromatic rings. The molecule has 0 unspecified atom stereocenters. The summed E-state index contributed by atoms with van der Waals surface area (Å²) in [6.45, 7) is 0. The lowest BCUT2D eigenvalue weighted by Crippen LogP contribution is -1.79. The van der Waals surface area contributed by atoms with Gasteiger partial charge in [-0.3, -0.25) is 0 Å². The predicted molar refractivity (Wildman–Crippen MR) is 77.5 cm³/mol. The average molecular weight is 341 g/mol. The Morgan fingerprint density at radius 2 is 1.89 bits per heavy atom. The van der Waals surface area contributed by atoms with Gasteiger partial charge in [-0.25, -0.2) is 4.79 Å². The number of nitrogens with zero attached hydrogens (tertiary/aromatic N) is 1. The monoisotopic (exact) mass is 339 g/mol. The molecule has 0 aliphatic rings. The van der Waals surface area contributed by atoms with E-state index in [2.05, 4.69) is 20.9 Å². The number of halogens is 2. The second-order valence-electron chi connectivity index (χ2n) is 3.33. The SMILES string of the molecule is O=C=Nc1ccc(Br)c(Cl)c1Sc1ccccc1. The minimum Gasteiger partial charge on any atom is -0.211 e. The maximum atomic E-state index is 10.4. The van der Waals surface area contributed by atoms with Crippen LogP contribution in [-0.4, -0.2) is 6.08 Å². The van der Waals surface area contributed by atoms with Crippen LogP contribution >= 0.6 is 39.3 Å². The van der Waals surface area contributed by atoms with Gasteiger partial charge in [-0.15, -0.1) is 0 Å². The number of benzene rings is 2. The largest absolute Gasteiger partial charge is 0.240 e. The van der Waals surface area contributed by atoms with E-state index in [-0.39, 0.29) is 0 Å². The Labute approximate surface area is 122 Å². The fourth-order valence-corrected chi connectivity index (χ4v) is 3.05. The minimum absolute atomic E-state index is 0.520. The molecule has 0 saturated carbocycles. The molecule has 0 fully saturated rings. The molecule has 2 nitrogen and oxygen atoms in total. The van der Waals surface area contributed by atoms with Gasteiger partial charge in [-0.1, -0.05) is 41.6 Å². The Morgan fingerprint density at radius 1 is 1.17 bits per heavy atom. The fraction of sp³-hybridized carbons (Fsp3) is 0. The summed E-state index contributed by atoms with van der Waals surface area (Å²) in [4.78, 5) is 15.9. The summed E-state index contributed by atoms with van der Waals surface area (Å²) in [5, 5.41) is 0.542. The van der Waals surface area contributed by atoms with Crippen LogP contribution in [0.5, 0.6) is 0 Å². The van der Waals surface area contributed by atoms with E-state index in [1.54, 1.807) is 18.2 Å². The molecule has 0 saturated heterocycles. The van der Waals surface area contributed by atoms with Crippen LogP contribution in [0.1, 0.15) is 0 Å². The first-order valence-electron chi connectivity index (χ1n) is 5.01. The molecule has 0 radical (unpaired) electrons. The molecule has 0 amide bonds. The highest BCUT2D eigenvalue weighted by molar-refractivity contribution is 9.10. The van der Waals surface area contributed by atoms with Crippen LogP contribution in [0, 0.1) is 0 Å². The van der Waals surface area contributed by atoms with E-state index < -0.39 is 0 Å². The zero-order chi connectivity index (χ0) is 13.0. The van der Waals surface area contributed by atoms with E-state index >= 15 is 0 Å². The third-order valence-corrected chi connectivity index (χ3v) is 4.68. The van der Waals surface area contributed by atoms with E-state index in [0.717, 1.165) is 14.3 Å². The Kier molecular flexibility index (Phi) is 4.61. The first-order valence-corrected chi connectivity index (χ1v) is 7.00. The lowest BCUT2D eigenvalue weighted by Gasteiger charge is -2.08. The molecule has 0 aliphatic carbocycles. The zero-order valence-electron chi connectivity index (χ0n) is 9.06. The lowest BCUT2D eigenvalue weighted by atomic mass is 10.3. The van der Waals surface area contributed by atoms with Crippen molar-refractivity contribution < 1.29 is 4.79 Å². The molecule has 0 N–H and O–H groups in total. The van der Waals surface area contributed by atoms with E-state index in [1.807, 2.05) is 30.3 Å². The second kappa shape index (κ2) is 6.21. The lowest BCUT2D eigenvalue weighted by molar-refractivity contribution is 0.565. The summed E-state index contributed by atoms with van der Waals surface area (Å²) in [5.74, 6) is 0. The summed E-state index contributed by atoms with van der Waals surface area (Å²) < 4.78 is 0.771. The summed E-state index contributed by atoms with van der Waals surface area (Å²) in [7, 11) is 0. The zero-order valence-corrected chi connectivity index (χ0v) is 12.2. The second-order valence-corrected chi connectivity index (χ2v) is 5.64. The highest BCUT2D eigenvalue weighted by Crippen LogP contribution is 2.43. The average Bonchev–Trinajstić information content (AvgIpc) is 2.40. The van der Waals surface area contributed by atoms with Crippen LogP contribution in [0.4, 0.5) is 5.69 Å². The molecular weight excluding hydrogens is 334 g/mol. The maximum absolute atomic E-state index is 10.4. The van der Waals surface area contributed by atoms with Crippen molar-refractivity contribution in [3.05, 3.63) is 52.0 Å². The molecule has 0 atom stereocenters. The summed E-state index contributed by atoms with van der Waals surface area (Å²) in [6, 6.07) is 13.2. The van der Waals surface area contributed by atoms with Crippen molar-refractivity contribution in [1.82, 2.24) is 0 Å². The number of rotatable bonds is 3. The van der Waals surface area contributed by atoms with Gasteiger partial charge in [0.15, 0.2) is 0 Å². The Morgan fingerprint density at radius 3 is 2.56 bits per heavy atom. The van der Waals surface area contributed by atoms with Crippen molar-refractivity contribution in [2.75, 3.05) is 0 Å². The predicted octanol–water partition coefficient (Wildman–Crippen LogP) is 5.22. The van der Waals surface area contributed by atoms with Crippen LogP contribution in [-0.2, 0) is 4.79 Å². The van der Waals surface area contributed by atoms with Gasteiger partial charge in [0, 0.05) is 9.37 Å². The quantitative estimate of drug-likeness (QED) is 0.566. The highest BCUT2D eigenvalue weighted by atomic mass is 79.9. The van der Waals surface area contributed by atoms with Crippen LogP contribution in [0.2, 0.25) is 5.02 Å². The van der Waals surface area contributed by atoms with Gasteiger partial charge in [0.1, 0.15) is 0 Å². The summed E-state index contributed by atoms with van der Waals surface area (Å²) in [6.07, 6.45) is 1.54. The van der Waals surface area contributed by atoms with Gasteiger partial charge in [-0.2, -0.15) is 4.99 Å². The van der Waals surface area contributed by atoms with Crippen molar-refractivity contribution >= 4 is 51.1 Å². The van der Waals surface area contributed by atoms with Gasteiger partial charge in [0.25, 0.3) is 0 Å². The molecule has 5 heteroatoms. The smallest absolute Gasteiger partial charge is 0.211 e. The molecule has 2 aromatic carbocycles. The molecule has 18 heavy (non-hydrogen) atoms. The molecule has 2 rings (SSSR count). The number of aliphatic imine (C=N–C) groups is 1. The van der Waals surface area contributed by atoms with Crippen molar-refractivity contribution in [2.45, 2.75) is 9.79 Å². The normalized spacial score (nSPS) is 9.89. The van der Waals surface area contributed by atoms with Gasteiger partial charge in [-0.05, 0) is 40.2 Å². The van der Waals surface area contributed by atoms with E-state index in [1.165, 1.54) is 11.8 Å². The van der Waals surface area contributed by atoms with Crippen molar-refractivity contribution in [3.8, 4) is 0 Å². The number of hydrogen-bond donors (Lipinski definition) is 0. The topological polar surface area (TPSA) is 29.4 Å². The Hall–Kier alpha value is -1.06. The number of carbonyl (C=O) groups excluding carboxylic acids is 1. The Bertz CT molecular complexity index is 612. The number of hydrogen-bond acceptors (Lipinski definition) is 3. The van der Waals surface area contributed by atoms with Crippen LogP contribution in [0.15, 0.2) is 61.7 Å². The van der Waals surface area contributed by atoms with E-state index in [4.69, 9.17) is 11.6 Å². The van der Waals surface area contributed by atoms with Gasteiger partial charge >= 0.3 is 0 Å². The van der Waals surface area contributed by atoms with Crippen molar-refractivity contribution in [3.63, 3.8) is 0 Å². The van der Waals surface area contributed by atoms with E-state index in [9.17, 15) is 4.79 Å². The molecule has 0 spiro atoms. The summed E-state index contributed by atoms with van der Waals surface area (Å²) in [5.41, 5.74) is 0.520. The van der Waals surface area contributed by atoms with Crippen molar-refractivity contribution in [1.29, 1.82) is 0 Å². The standard InChI is InChI=1S/C13H7BrClNOS/c14-10-6-7-11(16-8-17)13(12(10)15)18-9-4-2-1-3-5-9/h1-7H. The highest BCUT2D eigenvalue weighted by Gasteiger charge is 2.11. The first kappa shape index (κ1) is 13.4. The molecule has 0 aromatic heterocycles. The maximum Gasteiger partial charge on any atom is 0.240 e. The molecule has 0 heterocycles. The van der Waals surface area contributed by atoms with Crippen molar-refractivity contribution in [2.24, 2.45) is 4.99 Å².